The molecule has 0 unspecified atom stereocenters. The molecule has 7 nitrogen and oxygen atoms in total. The topological polar surface area (TPSA) is 77.1 Å². The molecule has 8 heteroatoms. The molecule has 3 heterocycles. The van der Waals surface area contributed by atoms with Crippen LogP contribution < -0.4 is 24.4 Å². The van der Waals surface area contributed by atoms with Crippen molar-refractivity contribution in [2.75, 3.05) is 30.5 Å². The number of nitrogens with one attached hydrogen (secondary N) is 1. The molecule has 2 amide bonds. The summed E-state index contributed by atoms with van der Waals surface area (Å²) >= 11 is 1.40. The number of benzene rings is 2. The molecule has 0 saturated carbocycles. The summed E-state index contributed by atoms with van der Waals surface area (Å²) in [5.41, 5.74) is 2.47. The molecule has 0 aliphatic carbocycles. The number of nitrogens with zero attached hydrogens (tertiary/aromatic N) is 1. The second-order valence-corrected chi connectivity index (χ2v) is 8.28. The van der Waals surface area contributed by atoms with E-state index >= 15 is 0 Å². The molecule has 2 aromatic carbocycles. The van der Waals surface area contributed by atoms with Crippen LogP contribution in [0.15, 0.2) is 59.6 Å². The van der Waals surface area contributed by atoms with Gasteiger partial charge in [-0.15, -0.1) is 11.3 Å². The van der Waals surface area contributed by atoms with E-state index in [1.807, 2.05) is 30.5 Å². The third-order valence-corrected chi connectivity index (χ3v) is 6.13. The molecule has 1 aromatic heterocycles. The smallest absolute Gasteiger partial charge is 0.282 e. The zero-order chi connectivity index (χ0) is 22.2. The van der Waals surface area contributed by atoms with Crippen LogP contribution in [0.25, 0.3) is 5.57 Å². The lowest BCUT2D eigenvalue weighted by molar-refractivity contribution is -0.120. The van der Waals surface area contributed by atoms with Gasteiger partial charge in [0.2, 0.25) is 0 Å². The maximum atomic E-state index is 13.6. The minimum Gasteiger partial charge on any atom is -0.495 e. The molecule has 3 aromatic rings. The Balaban J connectivity index is 1.58. The van der Waals surface area contributed by atoms with Gasteiger partial charge in [0.05, 0.1) is 18.4 Å². The standard InChI is InChI=1S/C24H20N2O5S/c1-14-5-7-17(29-2)16(12-14)26-23(27)21(20-4-3-11-32-20)22(24(26)28)25-15-6-8-18-19(13-15)31-10-9-30-18/h3-8,11-13,25H,9-10H2,1-2H3. The number of hydrogen-bond acceptors (Lipinski definition) is 7. The van der Waals surface area contributed by atoms with Crippen LogP contribution in [0.3, 0.4) is 0 Å². The number of methoxy groups -OCH3 is 1. The first-order valence-electron chi connectivity index (χ1n) is 10.0. The Hall–Kier alpha value is -3.78. The minimum atomic E-state index is -0.447. The summed E-state index contributed by atoms with van der Waals surface area (Å²) in [5, 5.41) is 5.03. The van der Waals surface area contributed by atoms with Gasteiger partial charge in [-0.2, -0.15) is 0 Å². The summed E-state index contributed by atoms with van der Waals surface area (Å²) < 4.78 is 16.7. The van der Waals surface area contributed by atoms with Crippen LogP contribution in [-0.4, -0.2) is 32.1 Å². The Kier molecular flexibility index (Phi) is 5.07. The molecular formula is C24H20N2O5S. The van der Waals surface area contributed by atoms with Crippen molar-refractivity contribution in [2.24, 2.45) is 0 Å². The Labute approximate surface area is 188 Å². The fraction of sp³-hybridized carbons (Fsp3) is 0.167. The number of rotatable bonds is 5. The fourth-order valence-electron chi connectivity index (χ4n) is 3.75. The van der Waals surface area contributed by atoms with Crippen molar-refractivity contribution in [3.05, 3.63) is 70.0 Å². The van der Waals surface area contributed by atoms with Gasteiger partial charge >= 0.3 is 0 Å². The Bertz CT molecular complexity index is 1250. The molecule has 162 valence electrons. The van der Waals surface area contributed by atoms with Gasteiger partial charge in [-0.3, -0.25) is 9.59 Å². The molecule has 0 spiro atoms. The molecule has 2 aliphatic rings. The van der Waals surface area contributed by atoms with Crippen molar-refractivity contribution in [1.82, 2.24) is 0 Å². The molecule has 1 N–H and O–H groups in total. The zero-order valence-electron chi connectivity index (χ0n) is 17.5. The van der Waals surface area contributed by atoms with E-state index in [1.54, 1.807) is 30.3 Å². The third-order valence-electron chi connectivity index (χ3n) is 5.24. The molecule has 0 saturated heterocycles. The van der Waals surface area contributed by atoms with E-state index in [-0.39, 0.29) is 5.70 Å². The molecular weight excluding hydrogens is 428 g/mol. The van der Waals surface area contributed by atoms with Gasteiger partial charge in [-0.25, -0.2) is 4.90 Å². The monoisotopic (exact) mass is 448 g/mol. The average Bonchev–Trinajstić information content (AvgIpc) is 3.40. The van der Waals surface area contributed by atoms with Gasteiger partial charge in [-0.05, 0) is 48.2 Å². The largest absolute Gasteiger partial charge is 0.495 e. The Morgan fingerprint density at radius 2 is 1.81 bits per heavy atom. The molecule has 32 heavy (non-hydrogen) atoms. The Morgan fingerprint density at radius 3 is 2.56 bits per heavy atom. The van der Waals surface area contributed by atoms with Crippen molar-refractivity contribution in [1.29, 1.82) is 0 Å². The first-order chi connectivity index (χ1) is 15.6. The van der Waals surface area contributed by atoms with Crippen molar-refractivity contribution in [3.8, 4) is 17.2 Å². The number of fused-ring (bicyclic) bond motifs is 1. The van der Waals surface area contributed by atoms with Gasteiger partial charge in [0.25, 0.3) is 11.8 Å². The summed E-state index contributed by atoms with van der Waals surface area (Å²) in [6, 6.07) is 14.4. The van der Waals surface area contributed by atoms with Gasteiger partial charge in [-0.1, -0.05) is 12.1 Å². The molecule has 0 fully saturated rings. The molecule has 0 atom stereocenters. The van der Waals surface area contributed by atoms with E-state index in [0.717, 1.165) is 5.56 Å². The highest BCUT2D eigenvalue weighted by Crippen LogP contribution is 2.40. The van der Waals surface area contributed by atoms with Gasteiger partial charge in [0.15, 0.2) is 11.5 Å². The number of thiophene rings is 1. The van der Waals surface area contributed by atoms with E-state index in [2.05, 4.69) is 5.32 Å². The van der Waals surface area contributed by atoms with Crippen LogP contribution in [0.1, 0.15) is 10.4 Å². The lowest BCUT2D eigenvalue weighted by atomic mass is 10.1. The average molecular weight is 449 g/mol. The lowest BCUT2D eigenvalue weighted by Crippen LogP contribution is -2.32. The van der Waals surface area contributed by atoms with E-state index < -0.39 is 11.8 Å². The van der Waals surface area contributed by atoms with Gasteiger partial charge < -0.3 is 19.5 Å². The van der Waals surface area contributed by atoms with E-state index in [0.29, 0.717) is 52.3 Å². The first kappa shape index (κ1) is 20.1. The first-order valence-corrected chi connectivity index (χ1v) is 10.9. The maximum Gasteiger partial charge on any atom is 0.282 e. The number of amides is 2. The summed E-state index contributed by atoms with van der Waals surface area (Å²) in [4.78, 5) is 29.0. The molecule has 5 rings (SSSR count). The molecule has 0 radical (unpaired) electrons. The summed E-state index contributed by atoms with van der Waals surface area (Å²) in [6.45, 7) is 2.85. The number of carbonyl (C=O) groups excluding carboxylic acids is 2. The van der Waals surface area contributed by atoms with Crippen molar-refractivity contribution < 1.29 is 23.8 Å². The number of carbonyl (C=O) groups is 2. The highest BCUT2D eigenvalue weighted by molar-refractivity contribution is 7.11. The zero-order valence-corrected chi connectivity index (χ0v) is 18.3. The molecule has 0 bridgehead atoms. The maximum absolute atomic E-state index is 13.6. The van der Waals surface area contributed by atoms with Crippen LogP contribution >= 0.6 is 11.3 Å². The second kappa shape index (κ2) is 8.05. The van der Waals surface area contributed by atoms with Gasteiger partial charge in [0.1, 0.15) is 24.7 Å². The van der Waals surface area contributed by atoms with Crippen LogP contribution in [0.5, 0.6) is 17.2 Å². The van der Waals surface area contributed by atoms with Crippen molar-refractivity contribution in [3.63, 3.8) is 0 Å². The number of ether oxygens (including phenoxy) is 3. The fourth-order valence-corrected chi connectivity index (χ4v) is 4.52. The number of aryl methyl sites for hydroxylation is 1. The highest BCUT2D eigenvalue weighted by atomic mass is 32.1. The summed E-state index contributed by atoms with van der Waals surface area (Å²) in [6.07, 6.45) is 0. The van der Waals surface area contributed by atoms with Gasteiger partial charge in [0, 0.05) is 16.6 Å². The van der Waals surface area contributed by atoms with Crippen LogP contribution in [0.2, 0.25) is 0 Å². The van der Waals surface area contributed by atoms with E-state index in [1.165, 1.54) is 23.3 Å². The van der Waals surface area contributed by atoms with Crippen molar-refractivity contribution >= 4 is 40.1 Å². The predicted molar refractivity (Wildman–Crippen MR) is 123 cm³/mol. The SMILES string of the molecule is COc1ccc(C)cc1N1C(=O)C(Nc2ccc3c(c2)OCCO3)=C(c2cccs2)C1=O. The van der Waals surface area contributed by atoms with Crippen LogP contribution in [-0.2, 0) is 9.59 Å². The summed E-state index contributed by atoms with van der Waals surface area (Å²) in [5.74, 6) is 0.838. The number of anilines is 2. The second-order valence-electron chi connectivity index (χ2n) is 7.33. The third kappa shape index (κ3) is 3.38. The number of imide groups is 1. The van der Waals surface area contributed by atoms with Crippen LogP contribution in [0, 0.1) is 6.92 Å². The van der Waals surface area contributed by atoms with E-state index in [9.17, 15) is 9.59 Å². The van der Waals surface area contributed by atoms with Crippen molar-refractivity contribution in [2.45, 2.75) is 6.92 Å². The normalized spacial score (nSPS) is 15.4. The highest BCUT2D eigenvalue weighted by Gasteiger charge is 2.42. The molecule has 2 aliphatic heterocycles. The van der Waals surface area contributed by atoms with E-state index in [4.69, 9.17) is 14.2 Å². The lowest BCUT2D eigenvalue weighted by Gasteiger charge is -2.20. The number of hydrogen-bond donors (Lipinski definition) is 1. The predicted octanol–water partition coefficient (Wildman–Crippen LogP) is 4.23. The Morgan fingerprint density at radius 1 is 1.00 bits per heavy atom. The minimum absolute atomic E-state index is 0.206. The summed E-state index contributed by atoms with van der Waals surface area (Å²) in [7, 11) is 1.52. The van der Waals surface area contributed by atoms with Crippen LogP contribution in [0.4, 0.5) is 11.4 Å². The quantitative estimate of drug-likeness (QED) is 0.589.